The molecule has 2 heterocycles. The van der Waals surface area contributed by atoms with Crippen molar-refractivity contribution in [1.29, 1.82) is 0 Å². The van der Waals surface area contributed by atoms with Crippen molar-refractivity contribution in [3.05, 3.63) is 65.9 Å². The van der Waals surface area contributed by atoms with Crippen LogP contribution in [0.3, 0.4) is 0 Å². The SMILES string of the molecule is CC(C)(C)c1ccc(S(=O)(=O)NCCC(=O)N2CCC(c3cc4ccccc4[nH]3)CC2)cc1. The van der Waals surface area contributed by atoms with E-state index in [0.717, 1.165) is 23.9 Å². The first-order chi connectivity index (χ1) is 15.6. The Hall–Kier alpha value is -2.64. The summed E-state index contributed by atoms with van der Waals surface area (Å²) in [5.41, 5.74) is 3.41. The predicted octanol–water partition coefficient (Wildman–Crippen LogP) is 4.54. The first-order valence-electron chi connectivity index (χ1n) is 11.6. The highest BCUT2D eigenvalue weighted by molar-refractivity contribution is 7.89. The summed E-state index contributed by atoms with van der Waals surface area (Å²) in [6.45, 7) is 7.75. The van der Waals surface area contributed by atoms with Gasteiger partial charge in [-0.2, -0.15) is 0 Å². The third kappa shape index (κ3) is 5.47. The van der Waals surface area contributed by atoms with E-state index >= 15 is 0 Å². The number of aromatic nitrogens is 1. The van der Waals surface area contributed by atoms with Crippen LogP contribution in [0.1, 0.15) is 57.2 Å². The van der Waals surface area contributed by atoms with Crippen molar-refractivity contribution in [1.82, 2.24) is 14.6 Å². The van der Waals surface area contributed by atoms with Gasteiger partial charge in [0.2, 0.25) is 15.9 Å². The molecule has 1 fully saturated rings. The summed E-state index contributed by atoms with van der Waals surface area (Å²) < 4.78 is 27.7. The molecule has 1 aliphatic rings. The molecule has 2 N–H and O–H groups in total. The Morgan fingerprint density at radius 1 is 1.06 bits per heavy atom. The van der Waals surface area contributed by atoms with E-state index in [4.69, 9.17) is 0 Å². The number of carbonyl (C=O) groups is 1. The highest BCUT2D eigenvalue weighted by Gasteiger charge is 2.25. The molecule has 0 bridgehead atoms. The number of sulfonamides is 1. The summed E-state index contributed by atoms with van der Waals surface area (Å²) in [5, 5.41) is 1.21. The summed E-state index contributed by atoms with van der Waals surface area (Å²) >= 11 is 0. The molecule has 3 aromatic rings. The lowest BCUT2D eigenvalue weighted by atomic mass is 9.87. The molecular formula is C26H33N3O3S. The summed E-state index contributed by atoms with van der Waals surface area (Å²) in [5.74, 6) is 0.409. The topological polar surface area (TPSA) is 82.3 Å². The number of piperidine rings is 1. The zero-order valence-electron chi connectivity index (χ0n) is 19.6. The van der Waals surface area contributed by atoms with Gasteiger partial charge < -0.3 is 9.88 Å². The van der Waals surface area contributed by atoms with Crippen molar-refractivity contribution >= 4 is 26.8 Å². The van der Waals surface area contributed by atoms with E-state index in [0.29, 0.717) is 19.0 Å². The first kappa shape index (κ1) is 23.5. The Labute approximate surface area is 196 Å². The molecule has 33 heavy (non-hydrogen) atoms. The van der Waals surface area contributed by atoms with Gasteiger partial charge in [0.1, 0.15) is 0 Å². The van der Waals surface area contributed by atoms with Crippen LogP contribution in [0.5, 0.6) is 0 Å². The molecular weight excluding hydrogens is 434 g/mol. The van der Waals surface area contributed by atoms with Gasteiger partial charge in [0.25, 0.3) is 0 Å². The third-order valence-electron chi connectivity index (χ3n) is 6.50. The van der Waals surface area contributed by atoms with Crippen LogP contribution in [0.15, 0.2) is 59.5 Å². The lowest BCUT2D eigenvalue weighted by molar-refractivity contribution is -0.132. The van der Waals surface area contributed by atoms with Gasteiger partial charge in [-0.15, -0.1) is 0 Å². The minimum atomic E-state index is -3.63. The van der Waals surface area contributed by atoms with E-state index in [2.05, 4.69) is 48.7 Å². The second-order valence-electron chi connectivity index (χ2n) is 9.89. The molecule has 1 saturated heterocycles. The van der Waals surface area contributed by atoms with E-state index < -0.39 is 10.0 Å². The number of nitrogens with zero attached hydrogens (tertiary/aromatic N) is 1. The van der Waals surface area contributed by atoms with Crippen LogP contribution in [0, 0.1) is 0 Å². The van der Waals surface area contributed by atoms with Crippen LogP contribution in [-0.2, 0) is 20.2 Å². The molecule has 0 saturated carbocycles. The molecule has 0 spiro atoms. The molecule has 0 radical (unpaired) electrons. The number of H-pyrrole nitrogens is 1. The first-order valence-corrected chi connectivity index (χ1v) is 13.1. The largest absolute Gasteiger partial charge is 0.358 e. The predicted molar refractivity (Wildman–Crippen MR) is 132 cm³/mol. The van der Waals surface area contributed by atoms with Gasteiger partial charge in [-0.05, 0) is 53.5 Å². The van der Waals surface area contributed by atoms with Gasteiger partial charge in [0, 0.05) is 43.2 Å². The lowest BCUT2D eigenvalue weighted by Crippen LogP contribution is -2.39. The van der Waals surface area contributed by atoms with Gasteiger partial charge in [-0.3, -0.25) is 4.79 Å². The Balaban J connectivity index is 1.26. The third-order valence-corrected chi connectivity index (χ3v) is 7.98. The number of amides is 1. The van der Waals surface area contributed by atoms with Crippen molar-refractivity contribution in [2.45, 2.75) is 56.3 Å². The fraction of sp³-hybridized carbons (Fsp3) is 0.423. The quantitative estimate of drug-likeness (QED) is 0.558. The van der Waals surface area contributed by atoms with Crippen molar-refractivity contribution < 1.29 is 13.2 Å². The van der Waals surface area contributed by atoms with Crippen LogP contribution in [0.25, 0.3) is 10.9 Å². The van der Waals surface area contributed by atoms with E-state index in [9.17, 15) is 13.2 Å². The molecule has 1 aliphatic heterocycles. The van der Waals surface area contributed by atoms with Crippen LogP contribution in [0.4, 0.5) is 0 Å². The zero-order valence-corrected chi connectivity index (χ0v) is 20.4. The zero-order chi connectivity index (χ0) is 23.6. The number of nitrogens with one attached hydrogen (secondary N) is 2. The van der Waals surface area contributed by atoms with Crippen LogP contribution in [0.2, 0.25) is 0 Å². The average Bonchev–Trinajstić information content (AvgIpc) is 3.23. The normalized spacial score (nSPS) is 15.8. The molecule has 0 unspecified atom stereocenters. The molecule has 1 amide bonds. The standard InChI is InChI=1S/C26H33N3O3S/c1-26(2,3)21-8-10-22(11-9-21)33(31,32)27-15-12-25(30)29-16-13-19(14-17-29)24-18-20-6-4-5-7-23(20)28-24/h4-11,18-19,27-28H,12-17H2,1-3H3. The Morgan fingerprint density at radius 3 is 2.36 bits per heavy atom. The van der Waals surface area contributed by atoms with Gasteiger partial charge in [-0.1, -0.05) is 51.1 Å². The molecule has 4 rings (SSSR count). The number of hydrogen-bond donors (Lipinski definition) is 2. The Kier molecular flexibility index (Phi) is 6.64. The van der Waals surface area contributed by atoms with E-state index in [1.54, 1.807) is 12.1 Å². The number of fused-ring (bicyclic) bond motifs is 1. The number of rotatable bonds is 6. The average molecular weight is 468 g/mol. The van der Waals surface area contributed by atoms with Crippen LogP contribution >= 0.6 is 0 Å². The van der Waals surface area contributed by atoms with Gasteiger partial charge in [-0.25, -0.2) is 13.1 Å². The summed E-state index contributed by atoms with van der Waals surface area (Å²) in [4.78, 5) is 18.2. The molecule has 176 valence electrons. The maximum absolute atomic E-state index is 12.6. The molecule has 0 atom stereocenters. The monoisotopic (exact) mass is 467 g/mol. The summed E-state index contributed by atoms with van der Waals surface area (Å²) in [6, 6.07) is 17.4. The number of hydrogen-bond acceptors (Lipinski definition) is 3. The van der Waals surface area contributed by atoms with E-state index in [1.165, 1.54) is 11.1 Å². The number of aromatic amines is 1. The minimum absolute atomic E-state index is 0.00382. The van der Waals surface area contributed by atoms with Gasteiger partial charge in [0.05, 0.1) is 4.90 Å². The van der Waals surface area contributed by atoms with Crippen LogP contribution < -0.4 is 4.72 Å². The second-order valence-corrected chi connectivity index (χ2v) is 11.7. The lowest BCUT2D eigenvalue weighted by Gasteiger charge is -2.31. The maximum atomic E-state index is 12.6. The number of carbonyl (C=O) groups excluding carboxylic acids is 1. The number of benzene rings is 2. The number of para-hydroxylation sites is 1. The van der Waals surface area contributed by atoms with E-state index in [-0.39, 0.29) is 29.2 Å². The van der Waals surface area contributed by atoms with Crippen molar-refractivity contribution in [2.75, 3.05) is 19.6 Å². The molecule has 2 aromatic carbocycles. The molecule has 1 aromatic heterocycles. The Bertz CT molecular complexity index is 1180. The van der Waals surface area contributed by atoms with Crippen molar-refractivity contribution in [3.8, 4) is 0 Å². The van der Waals surface area contributed by atoms with Gasteiger partial charge >= 0.3 is 0 Å². The number of likely N-dealkylation sites (tertiary alicyclic amines) is 1. The smallest absolute Gasteiger partial charge is 0.240 e. The van der Waals surface area contributed by atoms with Crippen molar-refractivity contribution in [2.24, 2.45) is 0 Å². The Morgan fingerprint density at radius 2 is 1.73 bits per heavy atom. The van der Waals surface area contributed by atoms with Gasteiger partial charge in [0.15, 0.2) is 0 Å². The molecule has 0 aliphatic carbocycles. The molecule has 7 heteroatoms. The summed E-state index contributed by atoms with van der Waals surface area (Å²) in [6.07, 6.45) is 1.98. The fourth-order valence-electron chi connectivity index (χ4n) is 4.42. The summed E-state index contributed by atoms with van der Waals surface area (Å²) in [7, 11) is -3.63. The van der Waals surface area contributed by atoms with Crippen LogP contribution in [-0.4, -0.2) is 43.8 Å². The maximum Gasteiger partial charge on any atom is 0.240 e. The second kappa shape index (κ2) is 9.31. The fourth-order valence-corrected chi connectivity index (χ4v) is 5.46. The highest BCUT2D eigenvalue weighted by Crippen LogP contribution is 2.30. The minimum Gasteiger partial charge on any atom is -0.358 e. The van der Waals surface area contributed by atoms with E-state index in [1.807, 2.05) is 29.2 Å². The molecule has 6 nitrogen and oxygen atoms in total. The van der Waals surface area contributed by atoms with Crippen molar-refractivity contribution in [3.63, 3.8) is 0 Å². The highest BCUT2D eigenvalue weighted by atomic mass is 32.2.